The van der Waals surface area contributed by atoms with E-state index in [0.29, 0.717) is 27.6 Å². The molecule has 0 atom stereocenters. The molecule has 2 aromatic carbocycles. The van der Waals surface area contributed by atoms with Crippen LogP contribution in [-0.4, -0.2) is 32.0 Å². The average molecular weight is 459 g/mol. The zero-order chi connectivity index (χ0) is 22.5. The summed E-state index contributed by atoms with van der Waals surface area (Å²) < 4.78 is 10.1. The summed E-state index contributed by atoms with van der Waals surface area (Å²) in [6.07, 6.45) is 0. The van der Waals surface area contributed by atoms with Crippen molar-refractivity contribution in [2.75, 3.05) is 24.9 Å². The lowest BCUT2D eigenvalue weighted by molar-refractivity contribution is 0.0601. The molecular formula is C22H19ClN2O5S. The number of methoxy groups -OCH3 is 2. The van der Waals surface area contributed by atoms with Crippen LogP contribution in [0.5, 0.6) is 5.75 Å². The Morgan fingerprint density at radius 2 is 1.61 bits per heavy atom. The van der Waals surface area contributed by atoms with E-state index < -0.39 is 17.8 Å². The van der Waals surface area contributed by atoms with Gasteiger partial charge in [-0.25, -0.2) is 4.79 Å². The highest BCUT2D eigenvalue weighted by Crippen LogP contribution is 2.35. The van der Waals surface area contributed by atoms with Crippen molar-refractivity contribution >= 4 is 51.4 Å². The van der Waals surface area contributed by atoms with Crippen LogP contribution < -0.4 is 15.4 Å². The number of halogens is 1. The molecule has 3 rings (SSSR count). The summed E-state index contributed by atoms with van der Waals surface area (Å²) >= 11 is 6.86. The van der Waals surface area contributed by atoms with E-state index >= 15 is 0 Å². The zero-order valence-corrected chi connectivity index (χ0v) is 18.5. The number of carbonyl (C=O) groups excluding carboxylic acids is 3. The number of carbonyl (C=O) groups is 3. The van der Waals surface area contributed by atoms with E-state index in [9.17, 15) is 14.4 Å². The number of ether oxygens (including phenoxy) is 2. The van der Waals surface area contributed by atoms with Gasteiger partial charge in [0.2, 0.25) is 0 Å². The Kier molecular flexibility index (Phi) is 6.94. The van der Waals surface area contributed by atoms with Crippen LogP contribution in [0.25, 0.3) is 0 Å². The molecule has 7 nitrogen and oxygen atoms in total. The average Bonchev–Trinajstić information content (AvgIpc) is 3.10. The first-order chi connectivity index (χ1) is 14.8. The molecule has 0 fully saturated rings. The van der Waals surface area contributed by atoms with Crippen LogP contribution in [0.15, 0.2) is 48.5 Å². The Hall–Kier alpha value is -3.36. The summed E-state index contributed by atoms with van der Waals surface area (Å²) in [5, 5.41) is 6.21. The van der Waals surface area contributed by atoms with Crippen molar-refractivity contribution in [1.29, 1.82) is 0 Å². The van der Waals surface area contributed by atoms with E-state index in [1.54, 1.807) is 55.5 Å². The SMILES string of the molecule is COC(=O)c1c(NC(=O)c2ccccc2OC)sc(C(=O)Nc2ccc(Cl)cc2)c1C. The highest BCUT2D eigenvalue weighted by atomic mass is 35.5. The second kappa shape index (κ2) is 9.63. The summed E-state index contributed by atoms with van der Waals surface area (Å²) in [6.45, 7) is 1.62. The largest absolute Gasteiger partial charge is 0.496 e. The number of para-hydroxylation sites is 1. The van der Waals surface area contributed by atoms with Crippen molar-refractivity contribution in [3.8, 4) is 5.75 Å². The minimum Gasteiger partial charge on any atom is -0.496 e. The Morgan fingerprint density at radius 3 is 2.26 bits per heavy atom. The molecule has 31 heavy (non-hydrogen) atoms. The van der Waals surface area contributed by atoms with Crippen LogP contribution in [0, 0.1) is 6.92 Å². The van der Waals surface area contributed by atoms with Crippen molar-refractivity contribution in [3.63, 3.8) is 0 Å². The monoisotopic (exact) mass is 458 g/mol. The Morgan fingerprint density at radius 1 is 0.935 bits per heavy atom. The summed E-state index contributed by atoms with van der Waals surface area (Å²) in [5.74, 6) is -1.18. The summed E-state index contributed by atoms with van der Waals surface area (Å²) in [5.41, 5.74) is 1.36. The predicted octanol–water partition coefficient (Wildman–Crippen LogP) is 5.01. The molecule has 2 N–H and O–H groups in total. The van der Waals surface area contributed by atoms with Crippen LogP contribution in [0.4, 0.5) is 10.7 Å². The van der Waals surface area contributed by atoms with Crippen molar-refractivity contribution in [2.45, 2.75) is 6.92 Å². The third-order valence-electron chi connectivity index (χ3n) is 4.42. The number of amides is 2. The van der Waals surface area contributed by atoms with E-state index in [2.05, 4.69) is 10.6 Å². The number of benzene rings is 2. The maximum Gasteiger partial charge on any atom is 0.341 e. The fourth-order valence-electron chi connectivity index (χ4n) is 2.89. The number of thiophene rings is 1. The summed E-state index contributed by atoms with van der Waals surface area (Å²) in [4.78, 5) is 38.3. The highest BCUT2D eigenvalue weighted by molar-refractivity contribution is 7.19. The van der Waals surface area contributed by atoms with E-state index in [1.165, 1.54) is 14.2 Å². The molecule has 0 saturated heterocycles. The molecule has 0 unspecified atom stereocenters. The molecule has 9 heteroatoms. The third-order valence-corrected chi connectivity index (χ3v) is 5.88. The summed E-state index contributed by atoms with van der Waals surface area (Å²) in [6, 6.07) is 13.3. The molecule has 2 amide bonds. The first-order valence-corrected chi connectivity index (χ1v) is 10.3. The molecule has 0 saturated carbocycles. The standard InChI is InChI=1S/C22H19ClN2O5S/c1-12-17(22(28)30-3)21(25-19(26)15-6-4-5-7-16(15)29-2)31-18(12)20(27)24-14-10-8-13(23)9-11-14/h4-11H,1-3H3,(H,24,27)(H,25,26). The van der Waals surface area contributed by atoms with Gasteiger partial charge in [-0.3, -0.25) is 9.59 Å². The van der Waals surface area contributed by atoms with Crippen molar-refractivity contribution < 1.29 is 23.9 Å². The van der Waals surface area contributed by atoms with Gasteiger partial charge in [0.15, 0.2) is 0 Å². The first kappa shape index (κ1) is 22.3. The number of rotatable bonds is 6. The molecule has 1 aromatic heterocycles. The van der Waals surface area contributed by atoms with Gasteiger partial charge in [-0.1, -0.05) is 23.7 Å². The quantitative estimate of drug-likeness (QED) is 0.506. The molecule has 0 bridgehead atoms. The van der Waals surface area contributed by atoms with Gasteiger partial charge in [-0.2, -0.15) is 0 Å². The maximum atomic E-state index is 12.8. The number of esters is 1. The van der Waals surface area contributed by atoms with Crippen LogP contribution in [0.2, 0.25) is 5.02 Å². The number of anilines is 2. The fourth-order valence-corrected chi connectivity index (χ4v) is 4.10. The second-order valence-electron chi connectivity index (χ2n) is 6.37. The molecule has 0 aliphatic heterocycles. The topological polar surface area (TPSA) is 93.7 Å². The highest BCUT2D eigenvalue weighted by Gasteiger charge is 2.27. The van der Waals surface area contributed by atoms with Crippen molar-refractivity contribution in [3.05, 3.63) is 75.1 Å². The van der Waals surface area contributed by atoms with E-state index in [-0.39, 0.29) is 15.4 Å². The smallest absolute Gasteiger partial charge is 0.341 e. The molecule has 0 spiro atoms. The molecule has 160 valence electrons. The lowest BCUT2D eigenvalue weighted by Crippen LogP contribution is -2.15. The van der Waals surface area contributed by atoms with E-state index in [4.69, 9.17) is 21.1 Å². The number of nitrogens with one attached hydrogen (secondary N) is 2. The van der Waals surface area contributed by atoms with E-state index in [0.717, 1.165) is 11.3 Å². The van der Waals surface area contributed by atoms with Gasteiger partial charge >= 0.3 is 5.97 Å². The lowest BCUT2D eigenvalue weighted by Gasteiger charge is -2.09. The fraction of sp³-hybridized carbons (Fsp3) is 0.136. The summed E-state index contributed by atoms with van der Waals surface area (Å²) in [7, 11) is 2.69. The van der Waals surface area contributed by atoms with Gasteiger partial charge in [0.25, 0.3) is 11.8 Å². The second-order valence-corrected chi connectivity index (χ2v) is 7.82. The third kappa shape index (κ3) is 4.87. The van der Waals surface area contributed by atoms with Crippen LogP contribution >= 0.6 is 22.9 Å². The van der Waals surface area contributed by atoms with Crippen molar-refractivity contribution in [2.24, 2.45) is 0 Å². The van der Waals surface area contributed by atoms with Crippen LogP contribution in [0.1, 0.15) is 36.0 Å². The Bertz CT molecular complexity index is 1140. The maximum absolute atomic E-state index is 12.8. The Balaban J connectivity index is 1.94. The van der Waals surface area contributed by atoms with Crippen LogP contribution in [0.3, 0.4) is 0 Å². The zero-order valence-electron chi connectivity index (χ0n) is 16.9. The predicted molar refractivity (Wildman–Crippen MR) is 121 cm³/mol. The van der Waals surface area contributed by atoms with E-state index in [1.807, 2.05) is 0 Å². The normalized spacial score (nSPS) is 10.3. The first-order valence-electron chi connectivity index (χ1n) is 9.08. The van der Waals surface area contributed by atoms with Gasteiger partial charge in [0.1, 0.15) is 10.8 Å². The molecule has 0 aliphatic rings. The van der Waals surface area contributed by atoms with Crippen molar-refractivity contribution in [1.82, 2.24) is 0 Å². The molecule has 1 heterocycles. The molecule has 0 radical (unpaired) electrons. The molecule has 3 aromatic rings. The van der Waals surface area contributed by atoms with Gasteiger partial charge in [0.05, 0.1) is 30.2 Å². The molecule has 0 aliphatic carbocycles. The minimum atomic E-state index is -0.658. The lowest BCUT2D eigenvalue weighted by atomic mass is 10.1. The van der Waals surface area contributed by atoms with Gasteiger partial charge in [-0.15, -0.1) is 11.3 Å². The molecular weight excluding hydrogens is 440 g/mol. The number of hydrogen-bond donors (Lipinski definition) is 2. The Labute approximate surface area is 187 Å². The number of hydrogen-bond acceptors (Lipinski definition) is 6. The van der Waals surface area contributed by atoms with Gasteiger partial charge in [0, 0.05) is 10.7 Å². The minimum absolute atomic E-state index is 0.122. The van der Waals surface area contributed by atoms with Gasteiger partial charge in [-0.05, 0) is 48.9 Å². The van der Waals surface area contributed by atoms with Crippen LogP contribution in [-0.2, 0) is 4.74 Å². The van der Waals surface area contributed by atoms with Gasteiger partial charge < -0.3 is 20.1 Å².